The molecule has 0 saturated heterocycles. The fraction of sp³-hybridized carbons (Fsp3) is 0.476. The molecular formula is C21H28N4O. The molecule has 1 heterocycles. The minimum absolute atomic E-state index is 0.220. The van der Waals surface area contributed by atoms with Gasteiger partial charge in [-0.2, -0.15) is 0 Å². The fourth-order valence-corrected chi connectivity index (χ4v) is 3.53. The van der Waals surface area contributed by atoms with E-state index in [1.807, 2.05) is 25.1 Å². The van der Waals surface area contributed by atoms with Crippen LogP contribution in [0.2, 0.25) is 0 Å². The second kappa shape index (κ2) is 8.79. The molecular weight excluding hydrogens is 324 g/mol. The topological polar surface area (TPSA) is 66.9 Å². The highest BCUT2D eigenvalue weighted by Gasteiger charge is 2.15. The third-order valence-corrected chi connectivity index (χ3v) is 5.07. The molecule has 0 bridgehead atoms. The molecule has 0 aliphatic heterocycles. The largest absolute Gasteiger partial charge is 0.366 e. The highest BCUT2D eigenvalue weighted by atomic mass is 16.1. The summed E-state index contributed by atoms with van der Waals surface area (Å²) in [6.07, 6.45) is 11.6. The van der Waals surface area contributed by atoms with Crippen molar-refractivity contribution in [1.82, 2.24) is 9.97 Å². The van der Waals surface area contributed by atoms with E-state index in [2.05, 4.69) is 27.5 Å². The van der Waals surface area contributed by atoms with Gasteiger partial charge in [-0.1, -0.05) is 50.8 Å². The van der Waals surface area contributed by atoms with Gasteiger partial charge in [-0.3, -0.25) is 4.79 Å². The first-order chi connectivity index (χ1) is 12.7. The zero-order valence-electron chi connectivity index (χ0n) is 15.7. The summed E-state index contributed by atoms with van der Waals surface area (Å²) in [5, 5.41) is 6.45. The van der Waals surface area contributed by atoms with Crippen molar-refractivity contribution in [1.29, 1.82) is 0 Å². The summed E-state index contributed by atoms with van der Waals surface area (Å²) in [6.45, 7) is 4.08. The highest BCUT2D eigenvalue weighted by Crippen LogP contribution is 2.22. The molecule has 3 rings (SSSR count). The molecule has 0 radical (unpaired) electrons. The quantitative estimate of drug-likeness (QED) is 0.763. The van der Waals surface area contributed by atoms with E-state index in [0.717, 1.165) is 29.1 Å². The van der Waals surface area contributed by atoms with Crippen molar-refractivity contribution in [3.63, 3.8) is 0 Å². The van der Waals surface area contributed by atoms with E-state index in [1.165, 1.54) is 38.5 Å². The molecule has 1 amide bonds. The van der Waals surface area contributed by atoms with Crippen LogP contribution in [0.5, 0.6) is 0 Å². The maximum Gasteiger partial charge on any atom is 0.275 e. The zero-order valence-corrected chi connectivity index (χ0v) is 15.7. The van der Waals surface area contributed by atoms with Crippen molar-refractivity contribution in [3.05, 3.63) is 47.4 Å². The van der Waals surface area contributed by atoms with Gasteiger partial charge in [0.15, 0.2) is 0 Å². The Labute approximate surface area is 155 Å². The van der Waals surface area contributed by atoms with E-state index in [-0.39, 0.29) is 5.91 Å². The van der Waals surface area contributed by atoms with Gasteiger partial charge in [0.2, 0.25) is 0 Å². The number of rotatable bonds is 5. The number of aromatic nitrogens is 2. The van der Waals surface area contributed by atoms with Crippen molar-refractivity contribution in [2.24, 2.45) is 0 Å². The first kappa shape index (κ1) is 18.4. The number of nitrogens with one attached hydrogen (secondary N) is 2. The van der Waals surface area contributed by atoms with Crippen LogP contribution in [0.1, 0.15) is 67.1 Å². The Morgan fingerprint density at radius 1 is 1.12 bits per heavy atom. The molecule has 5 heteroatoms. The number of anilines is 2. The average molecular weight is 352 g/mol. The van der Waals surface area contributed by atoms with E-state index in [4.69, 9.17) is 0 Å². The molecule has 1 aromatic heterocycles. The molecule has 0 unspecified atom stereocenters. The van der Waals surface area contributed by atoms with Crippen molar-refractivity contribution in [2.75, 3.05) is 10.6 Å². The summed E-state index contributed by atoms with van der Waals surface area (Å²) >= 11 is 0. The second-order valence-corrected chi connectivity index (χ2v) is 7.04. The van der Waals surface area contributed by atoms with Crippen LogP contribution in [0.3, 0.4) is 0 Å². The molecule has 0 spiro atoms. The Hall–Kier alpha value is -2.43. The second-order valence-electron chi connectivity index (χ2n) is 7.04. The molecule has 26 heavy (non-hydrogen) atoms. The van der Waals surface area contributed by atoms with Crippen LogP contribution in [0.4, 0.5) is 11.5 Å². The van der Waals surface area contributed by atoms with Gasteiger partial charge < -0.3 is 10.6 Å². The number of nitrogens with zero attached hydrogens (tertiary/aromatic N) is 2. The third-order valence-electron chi connectivity index (χ3n) is 5.07. The van der Waals surface area contributed by atoms with Crippen molar-refractivity contribution < 1.29 is 4.79 Å². The number of benzene rings is 1. The molecule has 1 fully saturated rings. The van der Waals surface area contributed by atoms with Crippen LogP contribution < -0.4 is 10.6 Å². The van der Waals surface area contributed by atoms with E-state index in [0.29, 0.717) is 11.7 Å². The lowest BCUT2D eigenvalue weighted by Gasteiger charge is -2.16. The van der Waals surface area contributed by atoms with Crippen LogP contribution in [-0.4, -0.2) is 21.9 Å². The first-order valence-corrected chi connectivity index (χ1v) is 9.65. The Balaban J connectivity index is 1.65. The van der Waals surface area contributed by atoms with E-state index in [9.17, 15) is 4.79 Å². The van der Waals surface area contributed by atoms with E-state index < -0.39 is 0 Å². The zero-order chi connectivity index (χ0) is 18.4. The summed E-state index contributed by atoms with van der Waals surface area (Å²) in [7, 11) is 0. The van der Waals surface area contributed by atoms with Crippen LogP contribution in [0.15, 0.2) is 30.6 Å². The molecule has 2 aromatic rings. The lowest BCUT2D eigenvalue weighted by atomic mass is 10.1. The van der Waals surface area contributed by atoms with Gasteiger partial charge in [0, 0.05) is 11.7 Å². The van der Waals surface area contributed by atoms with Gasteiger partial charge >= 0.3 is 0 Å². The molecule has 1 aliphatic carbocycles. The van der Waals surface area contributed by atoms with Gasteiger partial charge in [-0.15, -0.1) is 0 Å². The summed E-state index contributed by atoms with van der Waals surface area (Å²) in [4.78, 5) is 21.3. The van der Waals surface area contributed by atoms with Gasteiger partial charge in [0.05, 0.1) is 12.4 Å². The number of para-hydroxylation sites is 1. The minimum Gasteiger partial charge on any atom is -0.366 e. The van der Waals surface area contributed by atoms with Gasteiger partial charge in [0.25, 0.3) is 5.91 Å². The van der Waals surface area contributed by atoms with Gasteiger partial charge in [0.1, 0.15) is 11.5 Å². The van der Waals surface area contributed by atoms with E-state index >= 15 is 0 Å². The lowest BCUT2D eigenvalue weighted by Crippen LogP contribution is -2.20. The van der Waals surface area contributed by atoms with Crippen LogP contribution in [0, 0.1) is 6.92 Å². The fourth-order valence-electron chi connectivity index (χ4n) is 3.53. The standard InChI is InChI=1S/C21H28N4O/c1-3-16-10-8-9-15(2)20(16)25-21(26)18-13-23-19(14-22-18)24-17-11-6-4-5-7-12-17/h8-10,13-14,17H,3-7,11-12H2,1-2H3,(H,23,24)(H,25,26). The molecule has 1 aliphatic rings. The number of carbonyl (C=O) groups is 1. The highest BCUT2D eigenvalue weighted by molar-refractivity contribution is 6.03. The molecule has 1 saturated carbocycles. The smallest absolute Gasteiger partial charge is 0.275 e. The first-order valence-electron chi connectivity index (χ1n) is 9.65. The Morgan fingerprint density at radius 3 is 2.54 bits per heavy atom. The summed E-state index contributed by atoms with van der Waals surface area (Å²) in [5.74, 6) is 0.529. The summed E-state index contributed by atoms with van der Waals surface area (Å²) in [6, 6.07) is 6.51. The number of amides is 1. The minimum atomic E-state index is -0.220. The van der Waals surface area contributed by atoms with E-state index in [1.54, 1.807) is 12.4 Å². The molecule has 2 N–H and O–H groups in total. The van der Waals surface area contributed by atoms with Crippen molar-refractivity contribution in [3.8, 4) is 0 Å². The Morgan fingerprint density at radius 2 is 1.88 bits per heavy atom. The molecule has 138 valence electrons. The molecule has 5 nitrogen and oxygen atoms in total. The average Bonchev–Trinajstić information content (AvgIpc) is 2.92. The lowest BCUT2D eigenvalue weighted by molar-refractivity contribution is 0.102. The number of hydrogen-bond donors (Lipinski definition) is 2. The summed E-state index contributed by atoms with van der Waals surface area (Å²) < 4.78 is 0. The maximum absolute atomic E-state index is 12.5. The monoisotopic (exact) mass is 352 g/mol. The Bertz CT molecular complexity index is 734. The van der Waals surface area contributed by atoms with Gasteiger partial charge in [-0.25, -0.2) is 9.97 Å². The van der Waals surface area contributed by atoms with Crippen LogP contribution in [-0.2, 0) is 6.42 Å². The number of hydrogen-bond acceptors (Lipinski definition) is 4. The molecule has 0 atom stereocenters. The maximum atomic E-state index is 12.5. The predicted molar refractivity (Wildman–Crippen MR) is 106 cm³/mol. The normalized spacial score (nSPS) is 15.3. The predicted octanol–water partition coefficient (Wildman–Crippen LogP) is 4.73. The van der Waals surface area contributed by atoms with Crippen molar-refractivity contribution in [2.45, 2.75) is 64.8 Å². The Kier molecular flexibility index (Phi) is 6.21. The van der Waals surface area contributed by atoms with Gasteiger partial charge in [-0.05, 0) is 37.3 Å². The summed E-state index contributed by atoms with van der Waals surface area (Å²) in [5.41, 5.74) is 3.39. The molecule has 1 aromatic carbocycles. The number of aryl methyl sites for hydroxylation is 2. The third kappa shape index (κ3) is 4.59. The SMILES string of the molecule is CCc1cccc(C)c1NC(=O)c1cnc(NC2CCCCCC2)cn1. The van der Waals surface area contributed by atoms with Crippen LogP contribution >= 0.6 is 0 Å². The van der Waals surface area contributed by atoms with Crippen molar-refractivity contribution >= 4 is 17.4 Å². The van der Waals surface area contributed by atoms with Crippen LogP contribution in [0.25, 0.3) is 0 Å². The number of carbonyl (C=O) groups excluding carboxylic acids is 1.